The highest BCUT2D eigenvalue weighted by Crippen LogP contribution is 2.14. The van der Waals surface area contributed by atoms with E-state index in [0.29, 0.717) is 12.3 Å². The number of rotatable bonds is 4. The first-order valence-corrected chi connectivity index (χ1v) is 5.19. The van der Waals surface area contributed by atoms with Gasteiger partial charge in [0.2, 0.25) is 5.89 Å². The number of nitrogens with zero attached hydrogens (tertiary/aromatic N) is 2. The Labute approximate surface area is 101 Å². The molecular formula is C11H10FN3O3. The number of carbonyl (C=O) groups excluding carboxylic acids is 1. The number of aromatic hydroxyl groups is 1. The molecule has 0 saturated carbocycles. The van der Waals surface area contributed by atoms with Crippen molar-refractivity contribution in [2.45, 2.75) is 6.42 Å². The highest BCUT2D eigenvalue weighted by atomic mass is 19.1. The van der Waals surface area contributed by atoms with E-state index in [-0.39, 0.29) is 17.9 Å². The summed E-state index contributed by atoms with van der Waals surface area (Å²) in [5, 5.41) is 14.9. The van der Waals surface area contributed by atoms with Gasteiger partial charge in [0, 0.05) is 19.0 Å². The van der Waals surface area contributed by atoms with Crippen LogP contribution in [0.4, 0.5) is 4.39 Å². The van der Waals surface area contributed by atoms with Crippen LogP contribution >= 0.6 is 0 Å². The number of hydrogen-bond acceptors (Lipinski definition) is 5. The minimum atomic E-state index is -0.773. The van der Waals surface area contributed by atoms with E-state index in [1.165, 1.54) is 18.5 Å². The summed E-state index contributed by atoms with van der Waals surface area (Å²) in [5.74, 6) is -1.17. The van der Waals surface area contributed by atoms with Crippen LogP contribution in [-0.4, -0.2) is 27.7 Å². The lowest BCUT2D eigenvalue weighted by Gasteiger charge is -2.04. The predicted octanol–water partition coefficient (Wildman–Crippen LogP) is 0.887. The maximum absolute atomic E-state index is 13.3. The van der Waals surface area contributed by atoms with Crippen molar-refractivity contribution in [3.05, 3.63) is 41.8 Å². The third kappa shape index (κ3) is 2.82. The quantitative estimate of drug-likeness (QED) is 0.842. The summed E-state index contributed by atoms with van der Waals surface area (Å²) in [6.07, 6.45) is 1.63. The Kier molecular flexibility index (Phi) is 3.52. The van der Waals surface area contributed by atoms with E-state index in [9.17, 15) is 9.18 Å². The number of halogens is 1. The average Bonchev–Trinajstić information content (AvgIpc) is 2.81. The largest absolute Gasteiger partial charge is 0.508 e. The van der Waals surface area contributed by atoms with E-state index in [1.807, 2.05) is 0 Å². The molecule has 0 unspecified atom stereocenters. The fourth-order valence-electron chi connectivity index (χ4n) is 1.37. The summed E-state index contributed by atoms with van der Waals surface area (Å²) in [5.41, 5.74) is -0.127. The Morgan fingerprint density at radius 3 is 3.00 bits per heavy atom. The summed E-state index contributed by atoms with van der Waals surface area (Å²) < 4.78 is 18.1. The molecule has 1 aromatic carbocycles. The van der Waals surface area contributed by atoms with Crippen LogP contribution in [0.5, 0.6) is 5.75 Å². The first-order chi connectivity index (χ1) is 8.66. The molecule has 0 saturated heterocycles. The molecule has 7 heteroatoms. The second kappa shape index (κ2) is 5.26. The van der Waals surface area contributed by atoms with Crippen LogP contribution in [0.3, 0.4) is 0 Å². The highest BCUT2D eigenvalue weighted by Gasteiger charge is 2.11. The molecule has 1 amide bonds. The van der Waals surface area contributed by atoms with Crippen LogP contribution in [0, 0.1) is 5.82 Å². The fourth-order valence-corrected chi connectivity index (χ4v) is 1.37. The summed E-state index contributed by atoms with van der Waals surface area (Å²) in [6.45, 7) is 0.251. The maximum atomic E-state index is 13.3. The van der Waals surface area contributed by atoms with Gasteiger partial charge in [-0.25, -0.2) is 4.39 Å². The Morgan fingerprint density at radius 1 is 1.50 bits per heavy atom. The smallest absolute Gasteiger partial charge is 0.254 e. The molecule has 0 bridgehead atoms. The number of amides is 1. The minimum Gasteiger partial charge on any atom is -0.508 e. The number of aromatic nitrogens is 2. The zero-order valence-corrected chi connectivity index (χ0v) is 9.26. The van der Waals surface area contributed by atoms with E-state index in [0.717, 1.165) is 6.07 Å². The summed E-state index contributed by atoms with van der Waals surface area (Å²) in [6, 6.07) is 3.34. The molecule has 2 N–H and O–H groups in total. The van der Waals surface area contributed by atoms with Crippen molar-refractivity contribution in [3.63, 3.8) is 0 Å². The molecule has 0 atom stereocenters. The van der Waals surface area contributed by atoms with Crippen molar-refractivity contribution in [3.8, 4) is 5.75 Å². The van der Waals surface area contributed by atoms with Crippen LogP contribution in [0.1, 0.15) is 16.2 Å². The van der Waals surface area contributed by atoms with Gasteiger partial charge in [-0.3, -0.25) is 4.79 Å². The van der Waals surface area contributed by atoms with E-state index in [1.54, 1.807) is 0 Å². The molecule has 1 aromatic heterocycles. The molecule has 2 aromatic rings. The summed E-state index contributed by atoms with van der Waals surface area (Å²) in [7, 11) is 0. The number of nitrogens with one attached hydrogen (secondary N) is 1. The van der Waals surface area contributed by atoms with Crippen LogP contribution in [0.25, 0.3) is 0 Å². The summed E-state index contributed by atoms with van der Waals surface area (Å²) >= 11 is 0. The molecular weight excluding hydrogens is 241 g/mol. The fraction of sp³-hybridized carbons (Fsp3) is 0.182. The van der Waals surface area contributed by atoms with Crippen LogP contribution in [0.2, 0.25) is 0 Å². The van der Waals surface area contributed by atoms with Crippen molar-refractivity contribution in [2.24, 2.45) is 0 Å². The molecule has 18 heavy (non-hydrogen) atoms. The Morgan fingerprint density at radius 2 is 2.33 bits per heavy atom. The molecule has 2 rings (SSSR count). The Hall–Kier alpha value is -2.44. The van der Waals surface area contributed by atoms with Gasteiger partial charge in [0.25, 0.3) is 5.91 Å². The number of carbonyl (C=O) groups is 1. The standard InChI is InChI=1S/C11H10FN3O3/c12-9-5-7(16)1-2-8(9)11(17)13-4-3-10-14-6-15-18-10/h1-2,5-6,16H,3-4H2,(H,13,17). The third-order valence-corrected chi connectivity index (χ3v) is 2.23. The Balaban J connectivity index is 1.91. The van der Waals surface area contributed by atoms with Gasteiger partial charge < -0.3 is 14.9 Å². The molecule has 0 radical (unpaired) electrons. The van der Waals surface area contributed by atoms with Crippen molar-refractivity contribution >= 4 is 5.91 Å². The van der Waals surface area contributed by atoms with E-state index in [2.05, 4.69) is 15.5 Å². The zero-order valence-electron chi connectivity index (χ0n) is 9.26. The van der Waals surface area contributed by atoms with E-state index >= 15 is 0 Å². The molecule has 0 aliphatic rings. The van der Waals surface area contributed by atoms with Crippen LogP contribution < -0.4 is 5.32 Å². The average molecular weight is 251 g/mol. The third-order valence-electron chi connectivity index (χ3n) is 2.23. The molecule has 1 heterocycles. The predicted molar refractivity (Wildman–Crippen MR) is 58.4 cm³/mol. The molecule has 0 aliphatic heterocycles. The zero-order chi connectivity index (χ0) is 13.0. The highest BCUT2D eigenvalue weighted by molar-refractivity contribution is 5.94. The van der Waals surface area contributed by atoms with Gasteiger partial charge in [-0.05, 0) is 12.1 Å². The second-order valence-corrected chi connectivity index (χ2v) is 3.51. The van der Waals surface area contributed by atoms with Crippen molar-refractivity contribution in [1.29, 1.82) is 0 Å². The van der Waals surface area contributed by atoms with Gasteiger partial charge in [0.15, 0.2) is 6.33 Å². The van der Waals surface area contributed by atoms with Gasteiger partial charge in [-0.1, -0.05) is 5.16 Å². The van der Waals surface area contributed by atoms with E-state index in [4.69, 9.17) is 9.63 Å². The van der Waals surface area contributed by atoms with Gasteiger partial charge in [-0.15, -0.1) is 0 Å². The first kappa shape index (κ1) is 12.0. The number of phenols is 1. The number of phenolic OH excluding ortho intramolecular Hbond substituents is 1. The lowest BCUT2D eigenvalue weighted by molar-refractivity contribution is 0.0949. The van der Waals surface area contributed by atoms with Gasteiger partial charge >= 0.3 is 0 Å². The lowest BCUT2D eigenvalue weighted by Crippen LogP contribution is -2.26. The van der Waals surface area contributed by atoms with Gasteiger partial charge in [0.1, 0.15) is 11.6 Å². The topological polar surface area (TPSA) is 88.3 Å². The van der Waals surface area contributed by atoms with Crippen LogP contribution in [-0.2, 0) is 6.42 Å². The van der Waals surface area contributed by atoms with E-state index < -0.39 is 11.7 Å². The number of benzene rings is 1. The van der Waals surface area contributed by atoms with Gasteiger partial charge in [-0.2, -0.15) is 4.98 Å². The maximum Gasteiger partial charge on any atom is 0.254 e. The summed E-state index contributed by atoms with van der Waals surface area (Å²) in [4.78, 5) is 15.4. The SMILES string of the molecule is O=C(NCCc1ncno1)c1ccc(O)cc1F. The van der Waals surface area contributed by atoms with Crippen molar-refractivity contribution in [1.82, 2.24) is 15.5 Å². The van der Waals surface area contributed by atoms with Crippen molar-refractivity contribution < 1.29 is 18.8 Å². The van der Waals surface area contributed by atoms with Crippen LogP contribution in [0.15, 0.2) is 29.0 Å². The molecule has 6 nitrogen and oxygen atoms in total. The molecule has 0 aliphatic carbocycles. The molecule has 94 valence electrons. The second-order valence-electron chi connectivity index (χ2n) is 3.51. The van der Waals surface area contributed by atoms with Crippen molar-refractivity contribution in [2.75, 3.05) is 6.54 Å². The molecule has 0 fully saturated rings. The normalized spacial score (nSPS) is 10.3. The number of hydrogen-bond donors (Lipinski definition) is 2. The molecule has 0 spiro atoms. The monoisotopic (exact) mass is 251 g/mol. The van der Waals surface area contributed by atoms with Gasteiger partial charge in [0.05, 0.1) is 5.56 Å². The minimum absolute atomic E-state index is 0.127. The first-order valence-electron chi connectivity index (χ1n) is 5.19. The lowest BCUT2D eigenvalue weighted by atomic mass is 10.2. The Bertz CT molecular complexity index is 542.